The van der Waals surface area contributed by atoms with Crippen LogP contribution in [0.3, 0.4) is 0 Å². The summed E-state index contributed by atoms with van der Waals surface area (Å²) in [5, 5.41) is 2.37. The first-order chi connectivity index (χ1) is 7.72. The lowest BCUT2D eigenvalue weighted by Gasteiger charge is -2.02. The molecule has 0 saturated carbocycles. The van der Waals surface area contributed by atoms with Crippen LogP contribution in [0.2, 0.25) is 0 Å². The lowest BCUT2D eigenvalue weighted by Crippen LogP contribution is -2.21. The van der Waals surface area contributed by atoms with Gasteiger partial charge in [-0.15, -0.1) is 0 Å². The number of hydrogen-bond acceptors (Lipinski definition) is 3. The van der Waals surface area contributed by atoms with E-state index in [0.29, 0.717) is 5.75 Å². The molecule has 1 rings (SSSR count). The highest BCUT2D eigenvalue weighted by Crippen LogP contribution is 2.39. The van der Waals surface area contributed by atoms with Crippen molar-refractivity contribution in [1.82, 2.24) is 5.32 Å². The van der Waals surface area contributed by atoms with E-state index < -0.39 is 12.9 Å². The van der Waals surface area contributed by atoms with Gasteiger partial charge in [0, 0.05) is 7.05 Å². The Labute approximate surface area is 104 Å². The molecule has 1 aromatic rings. The lowest BCUT2D eigenvalue weighted by molar-refractivity contribution is 0.203. The van der Waals surface area contributed by atoms with Crippen LogP contribution in [0.15, 0.2) is 24.3 Å². The largest absolute Gasteiger partial charge is 0.412 e. The molecule has 0 aliphatic rings. The molecule has 3 N–H and O–H groups in total. The highest BCUT2D eigenvalue weighted by Gasteiger charge is 1.99. The smallest absolute Gasteiger partial charge is 0.410 e. The minimum absolute atomic E-state index is 0.444. The van der Waals surface area contributed by atoms with Gasteiger partial charge >= 0.3 is 12.9 Å². The van der Waals surface area contributed by atoms with Crippen molar-refractivity contribution in [2.24, 2.45) is 0 Å². The van der Waals surface area contributed by atoms with Gasteiger partial charge in [0.25, 0.3) is 0 Å². The summed E-state index contributed by atoms with van der Waals surface area (Å²) in [5.41, 5.74) is 1.07. The van der Waals surface area contributed by atoms with Crippen molar-refractivity contribution in [3.05, 3.63) is 29.8 Å². The molecule has 0 atom stereocenters. The number of ether oxygens (including phenoxy) is 1. The SMILES string of the molecule is CNC(=O)Oc1cccc(C)c1.O=P(O)(O)S. The summed E-state index contributed by atoms with van der Waals surface area (Å²) >= 11 is 2.79. The Hall–Kier alpha value is -1.01. The molecule has 8 heteroatoms. The Kier molecular flexibility index (Phi) is 6.91. The first-order valence-corrected chi connectivity index (χ1v) is 7.23. The van der Waals surface area contributed by atoms with E-state index in [0.717, 1.165) is 5.56 Å². The molecule has 0 bridgehead atoms. The summed E-state index contributed by atoms with van der Waals surface area (Å²) in [7, 11) is 1.53. The predicted molar refractivity (Wildman–Crippen MR) is 67.3 cm³/mol. The van der Waals surface area contributed by atoms with Crippen LogP contribution in [0.1, 0.15) is 5.56 Å². The van der Waals surface area contributed by atoms with Crippen LogP contribution in [0, 0.1) is 6.92 Å². The fourth-order valence-corrected chi connectivity index (χ4v) is 0.837. The standard InChI is InChI=1S/C9H11NO2.H3O3PS/c1-7-4-3-5-8(6-7)12-9(11)10-2;1-4(2,3)5/h3-6H,1-2H3,(H,10,11);(H3,1,2,3,5). The lowest BCUT2D eigenvalue weighted by atomic mass is 10.2. The van der Waals surface area contributed by atoms with Crippen molar-refractivity contribution in [2.75, 3.05) is 7.05 Å². The second kappa shape index (κ2) is 7.34. The van der Waals surface area contributed by atoms with Crippen LogP contribution in [0.25, 0.3) is 0 Å². The monoisotopic (exact) mass is 279 g/mol. The third-order valence-corrected chi connectivity index (χ3v) is 1.40. The van der Waals surface area contributed by atoms with Crippen LogP contribution in [-0.4, -0.2) is 22.9 Å². The second-order valence-electron chi connectivity index (χ2n) is 2.97. The van der Waals surface area contributed by atoms with Gasteiger partial charge in [0.1, 0.15) is 5.75 Å². The Morgan fingerprint density at radius 2 is 2.00 bits per heavy atom. The van der Waals surface area contributed by atoms with Crippen LogP contribution < -0.4 is 10.1 Å². The third kappa shape index (κ3) is 11.3. The number of amides is 1. The van der Waals surface area contributed by atoms with Crippen LogP contribution in [0.4, 0.5) is 4.79 Å². The van der Waals surface area contributed by atoms with E-state index >= 15 is 0 Å². The molecule has 1 amide bonds. The van der Waals surface area contributed by atoms with Crippen molar-refractivity contribution >= 4 is 25.1 Å². The minimum atomic E-state index is -3.94. The molecule has 0 fully saturated rings. The quantitative estimate of drug-likeness (QED) is 0.464. The number of nitrogens with one attached hydrogen (secondary N) is 1. The summed E-state index contributed by atoms with van der Waals surface area (Å²) in [5.74, 6) is 0.564. The zero-order chi connectivity index (χ0) is 13.5. The predicted octanol–water partition coefficient (Wildman–Crippen LogP) is 1.72. The zero-order valence-corrected chi connectivity index (χ0v) is 11.1. The summed E-state index contributed by atoms with van der Waals surface area (Å²) < 4.78 is 14.1. The molecule has 0 aliphatic heterocycles. The molecule has 1 aromatic carbocycles. The summed E-state index contributed by atoms with van der Waals surface area (Å²) in [6, 6.07) is 7.32. The molecule has 0 saturated heterocycles. The molecule has 17 heavy (non-hydrogen) atoms. The first-order valence-electron chi connectivity index (χ1n) is 4.47. The maximum absolute atomic E-state index is 10.8. The van der Waals surface area contributed by atoms with E-state index in [1.54, 1.807) is 12.1 Å². The molecule has 0 spiro atoms. The molecular weight excluding hydrogens is 265 g/mol. The van der Waals surface area contributed by atoms with Gasteiger partial charge in [0.15, 0.2) is 0 Å². The second-order valence-corrected chi connectivity index (χ2v) is 5.56. The van der Waals surface area contributed by atoms with Crippen molar-refractivity contribution in [3.8, 4) is 5.75 Å². The van der Waals surface area contributed by atoms with Crippen molar-refractivity contribution < 1.29 is 23.9 Å². The Balaban J connectivity index is 0.000000437. The Bertz CT molecular complexity index is 411. The average molecular weight is 279 g/mol. The summed E-state index contributed by atoms with van der Waals surface area (Å²) in [6.07, 6.45) is -0.444. The third-order valence-electron chi connectivity index (χ3n) is 1.40. The van der Waals surface area contributed by atoms with E-state index in [9.17, 15) is 9.36 Å². The average Bonchev–Trinajstić information content (AvgIpc) is 2.15. The van der Waals surface area contributed by atoms with Gasteiger partial charge in [0.05, 0.1) is 0 Å². The van der Waals surface area contributed by atoms with Gasteiger partial charge in [-0.25, -0.2) is 9.36 Å². The number of carbonyl (C=O) groups is 1. The number of rotatable bonds is 1. The molecule has 0 aromatic heterocycles. The van der Waals surface area contributed by atoms with Crippen LogP contribution in [0.5, 0.6) is 5.75 Å². The molecule has 0 unspecified atom stereocenters. The van der Waals surface area contributed by atoms with Gasteiger partial charge in [-0.05, 0) is 24.6 Å². The highest BCUT2D eigenvalue weighted by molar-refractivity contribution is 8.43. The van der Waals surface area contributed by atoms with E-state index in [-0.39, 0.29) is 0 Å². The Morgan fingerprint density at radius 3 is 2.41 bits per heavy atom. The van der Waals surface area contributed by atoms with Crippen molar-refractivity contribution in [3.63, 3.8) is 0 Å². The van der Waals surface area contributed by atoms with Crippen LogP contribution in [-0.2, 0) is 4.57 Å². The maximum Gasteiger partial charge on any atom is 0.412 e. The molecular formula is C9H14NO5PS. The number of aryl methyl sites for hydroxylation is 1. The van der Waals surface area contributed by atoms with Gasteiger partial charge in [-0.2, -0.15) is 0 Å². The summed E-state index contributed by atoms with van der Waals surface area (Å²) in [4.78, 5) is 25.8. The van der Waals surface area contributed by atoms with Crippen molar-refractivity contribution in [1.29, 1.82) is 0 Å². The molecule has 0 aliphatic carbocycles. The highest BCUT2D eigenvalue weighted by atomic mass is 32.7. The minimum Gasteiger partial charge on any atom is -0.410 e. The number of benzene rings is 1. The fraction of sp³-hybridized carbons (Fsp3) is 0.222. The fourth-order valence-electron chi connectivity index (χ4n) is 0.837. The maximum atomic E-state index is 10.8. The van der Waals surface area contributed by atoms with E-state index in [4.69, 9.17) is 14.5 Å². The van der Waals surface area contributed by atoms with E-state index in [1.807, 2.05) is 19.1 Å². The topological polar surface area (TPSA) is 95.9 Å². The number of thiol groups is 1. The molecule has 96 valence electrons. The molecule has 0 heterocycles. The molecule has 6 nitrogen and oxygen atoms in total. The van der Waals surface area contributed by atoms with E-state index in [2.05, 4.69) is 17.6 Å². The normalized spacial score (nSPS) is 9.94. The van der Waals surface area contributed by atoms with Gasteiger partial charge in [0.2, 0.25) is 0 Å². The zero-order valence-electron chi connectivity index (χ0n) is 9.32. The summed E-state index contributed by atoms with van der Waals surface area (Å²) in [6.45, 7) is -2.00. The van der Waals surface area contributed by atoms with Gasteiger partial charge in [-0.1, -0.05) is 24.4 Å². The van der Waals surface area contributed by atoms with Gasteiger partial charge in [-0.3, -0.25) is 0 Å². The van der Waals surface area contributed by atoms with E-state index in [1.165, 1.54) is 7.05 Å². The molecule has 0 radical (unpaired) electrons. The van der Waals surface area contributed by atoms with Crippen LogP contribution >= 0.6 is 19.0 Å². The number of carbonyl (C=O) groups excluding carboxylic acids is 1. The van der Waals surface area contributed by atoms with Gasteiger partial charge < -0.3 is 19.8 Å². The first kappa shape index (κ1) is 16.0. The number of hydrogen-bond donors (Lipinski definition) is 4. The Morgan fingerprint density at radius 1 is 1.47 bits per heavy atom. The van der Waals surface area contributed by atoms with Crippen molar-refractivity contribution in [2.45, 2.75) is 6.92 Å².